The van der Waals surface area contributed by atoms with Crippen molar-refractivity contribution < 1.29 is 0 Å². The van der Waals surface area contributed by atoms with E-state index >= 15 is 0 Å². The predicted molar refractivity (Wildman–Crippen MR) is 55.9 cm³/mol. The molecule has 12 heavy (non-hydrogen) atoms. The summed E-state index contributed by atoms with van der Waals surface area (Å²) in [5.41, 5.74) is 0.963. The Balaban J connectivity index is 3.47. The fourth-order valence-electron chi connectivity index (χ4n) is 1.30. The molecule has 0 aromatic rings. The van der Waals surface area contributed by atoms with Gasteiger partial charge >= 0.3 is 0 Å². The van der Waals surface area contributed by atoms with Crippen LogP contribution in [0.4, 0.5) is 0 Å². The molecule has 0 aliphatic carbocycles. The number of hydrogen-bond donors (Lipinski definition) is 1. The van der Waals surface area contributed by atoms with Crippen LogP contribution in [-0.4, -0.2) is 5.71 Å². The summed E-state index contributed by atoms with van der Waals surface area (Å²) in [6.45, 7) is 6.58. The van der Waals surface area contributed by atoms with Crippen LogP contribution in [0.15, 0.2) is 0 Å². The molecule has 1 N–H and O–H groups in total. The first kappa shape index (κ1) is 11.7. The van der Waals surface area contributed by atoms with Gasteiger partial charge in [-0.3, -0.25) is 0 Å². The Kier molecular flexibility index (Phi) is 7.12. The van der Waals surface area contributed by atoms with E-state index in [1.807, 2.05) is 0 Å². The van der Waals surface area contributed by atoms with Crippen molar-refractivity contribution in [2.24, 2.45) is 5.92 Å². The minimum Gasteiger partial charge on any atom is -0.309 e. The SMILES string of the molecule is CCCCC(=N)C(C)CCCC. The summed E-state index contributed by atoms with van der Waals surface area (Å²) >= 11 is 0. The summed E-state index contributed by atoms with van der Waals surface area (Å²) in [6.07, 6.45) is 7.15. The first-order valence-corrected chi connectivity index (χ1v) is 5.29. The van der Waals surface area contributed by atoms with Crippen molar-refractivity contribution in [1.29, 1.82) is 5.41 Å². The molecule has 72 valence electrons. The molecule has 0 bridgehead atoms. The summed E-state index contributed by atoms with van der Waals surface area (Å²) in [5, 5.41) is 7.78. The van der Waals surface area contributed by atoms with Gasteiger partial charge in [0.05, 0.1) is 0 Å². The fraction of sp³-hybridized carbons (Fsp3) is 0.909. The lowest BCUT2D eigenvalue weighted by atomic mass is 9.95. The third kappa shape index (κ3) is 5.34. The smallest absolute Gasteiger partial charge is 0.0117 e. The number of hydrogen-bond acceptors (Lipinski definition) is 1. The summed E-state index contributed by atoms with van der Waals surface area (Å²) in [7, 11) is 0. The average molecular weight is 169 g/mol. The molecule has 1 atom stereocenters. The molecule has 0 heterocycles. The minimum atomic E-state index is 0.525. The highest BCUT2D eigenvalue weighted by atomic mass is 14.4. The highest BCUT2D eigenvalue weighted by Crippen LogP contribution is 2.12. The minimum absolute atomic E-state index is 0.525. The lowest BCUT2D eigenvalue weighted by Gasteiger charge is -2.11. The van der Waals surface area contributed by atoms with Crippen LogP contribution in [0.1, 0.15) is 59.3 Å². The van der Waals surface area contributed by atoms with Crippen LogP contribution in [0.2, 0.25) is 0 Å². The van der Waals surface area contributed by atoms with E-state index in [4.69, 9.17) is 5.41 Å². The van der Waals surface area contributed by atoms with Gasteiger partial charge in [0.15, 0.2) is 0 Å². The van der Waals surface area contributed by atoms with Crippen LogP contribution in [0.3, 0.4) is 0 Å². The van der Waals surface area contributed by atoms with Crippen molar-refractivity contribution >= 4 is 5.71 Å². The van der Waals surface area contributed by atoms with Crippen molar-refractivity contribution in [3.63, 3.8) is 0 Å². The molecule has 0 saturated carbocycles. The topological polar surface area (TPSA) is 23.9 Å². The average Bonchev–Trinajstić information content (AvgIpc) is 2.10. The summed E-state index contributed by atoms with van der Waals surface area (Å²) in [5.74, 6) is 0.525. The fourth-order valence-corrected chi connectivity index (χ4v) is 1.30. The second-order valence-electron chi connectivity index (χ2n) is 3.67. The van der Waals surface area contributed by atoms with E-state index in [-0.39, 0.29) is 0 Å². The van der Waals surface area contributed by atoms with Crippen LogP contribution in [-0.2, 0) is 0 Å². The Bertz CT molecular complexity index is 118. The Hall–Kier alpha value is -0.330. The second kappa shape index (κ2) is 7.33. The molecule has 0 saturated heterocycles. The number of unbranched alkanes of at least 4 members (excludes halogenated alkanes) is 2. The quantitative estimate of drug-likeness (QED) is 0.556. The molecule has 1 unspecified atom stereocenters. The zero-order chi connectivity index (χ0) is 9.40. The molecular weight excluding hydrogens is 146 g/mol. The zero-order valence-electron chi connectivity index (χ0n) is 8.82. The van der Waals surface area contributed by atoms with E-state index in [9.17, 15) is 0 Å². The number of nitrogens with one attached hydrogen (secondary N) is 1. The molecule has 0 amide bonds. The van der Waals surface area contributed by atoms with Crippen LogP contribution in [0.25, 0.3) is 0 Å². The van der Waals surface area contributed by atoms with E-state index < -0.39 is 0 Å². The molecule has 0 spiro atoms. The normalized spacial score (nSPS) is 12.9. The van der Waals surface area contributed by atoms with Crippen LogP contribution in [0, 0.1) is 11.3 Å². The Morgan fingerprint density at radius 1 is 1.17 bits per heavy atom. The Labute approximate surface area is 77.1 Å². The number of rotatable bonds is 7. The van der Waals surface area contributed by atoms with Crippen molar-refractivity contribution in [2.75, 3.05) is 0 Å². The molecule has 0 radical (unpaired) electrons. The van der Waals surface area contributed by atoms with Crippen LogP contribution in [0.5, 0.6) is 0 Å². The third-order valence-corrected chi connectivity index (χ3v) is 2.39. The van der Waals surface area contributed by atoms with Gasteiger partial charge in [-0.25, -0.2) is 0 Å². The Morgan fingerprint density at radius 2 is 1.75 bits per heavy atom. The molecule has 1 nitrogen and oxygen atoms in total. The maximum absolute atomic E-state index is 7.78. The van der Waals surface area contributed by atoms with E-state index in [2.05, 4.69) is 20.8 Å². The highest BCUT2D eigenvalue weighted by Gasteiger charge is 2.06. The summed E-state index contributed by atoms with van der Waals surface area (Å²) in [4.78, 5) is 0. The van der Waals surface area contributed by atoms with Gasteiger partial charge in [0.1, 0.15) is 0 Å². The van der Waals surface area contributed by atoms with Crippen molar-refractivity contribution in [3.8, 4) is 0 Å². The lowest BCUT2D eigenvalue weighted by molar-refractivity contribution is 0.608. The van der Waals surface area contributed by atoms with Gasteiger partial charge in [-0.2, -0.15) is 0 Å². The van der Waals surface area contributed by atoms with Gasteiger partial charge in [0, 0.05) is 5.71 Å². The van der Waals surface area contributed by atoms with Gasteiger partial charge in [-0.05, 0) is 25.2 Å². The van der Waals surface area contributed by atoms with Gasteiger partial charge in [0.2, 0.25) is 0 Å². The van der Waals surface area contributed by atoms with Crippen LogP contribution >= 0.6 is 0 Å². The van der Waals surface area contributed by atoms with E-state index in [0.29, 0.717) is 5.92 Å². The summed E-state index contributed by atoms with van der Waals surface area (Å²) < 4.78 is 0. The largest absolute Gasteiger partial charge is 0.309 e. The maximum atomic E-state index is 7.78. The molecule has 0 rings (SSSR count). The monoisotopic (exact) mass is 169 g/mol. The van der Waals surface area contributed by atoms with E-state index in [1.54, 1.807) is 0 Å². The van der Waals surface area contributed by atoms with Crippen molar-refractivity contribution in [3.05, 3.63) is 0 Å². The van der Waals surface area contributed by atoms with E-state index in [0.717, 1.165) is 12.1 Å². The molecule has 0 aromatic heterocycles. The van der Waals surface area contributed by atoms with Crippen LogP contribution < -0.4 is 0 Å². The molecule has 1 heteroatoms. The second-order valence-corrected chi connectivity index (χ2v) is 3.67. The van der Waals surface area contributed by atoms with Crippen molar-refractivity contribution in [1.82, 2.24) is 0 Å². The molecular formula is C11H23N. The highest BCUT2D eigenvalue weighted by molar-refractivity contribution is 5.83. The van der Waals surface area contributed by atoms with Gasteiger partial charge in [-0.1, -0.05) is 40.0 Å². The lowest BCUT2D eigenvalue weighted by Crippen LogP contribution is -2.09. The molecule has 0 aliphatic rings. The first-order valence-electron chi connectivity index (χ1n) is 5.29. The van der Waals surface area contributed by atoms with Crippen molar-refractivity contribution in [2.45, 2.75) is 59.3 Å². The van der Waals surface area contributed by atoms with Gasteiger partial charge in [0.25, 0.3) is 0 Å². The van der Waals surface area contributed by atoms with Gasteiger partial charge < -0.3 is 5.41 Å². The maximum Gasteiger partial charge on any atom is 0.0117 e. The summed E-state index contributed by atoms with van der Waals surface area (Å²) in [6, 6.07) is 0. The van der Waals surface area contributed by atoms with Gasteiger partial charge in [-0.15, -0.1) is 0 Å². The Morgan fingerprint density at radius 3 is 2.25 bits per heavy atom. The third-order valence-electron chi connectivity index (χ3n) is 2.39. The zero-order valence-corrected chi connectivity index (χ0v) is 8.82. The molecule has 0 fully saturated rings. The predicted octanol–water partition coefficient (Wildman–Crippen LogP) is 4.02. The first-order chi connectivity index (χ1) is 5.72. The molecule has 0 aliphatic heterocycles. The standard InChI is InChI=1S/C11H23N/c1-4-6-8-10(3)11(12)9-7-5-2/h10,12H,4-9H2,1-3H3. The van der Waals surface area contributed by atoms with E-state index in [1.165, 1.54) is 32.1 Å². The molecule has 0 aromatic carbocycles.